The number of hydrogen-bond donors (Lipinski definition) is 2. The number of carbonyl (C=O) groups excluding carboxylic acids is 1. The molecule has 1 aromatic carbocycles. The Balaban J connectivity index is 2.18. The lowest BCUT2D eigenvalue weighted by molar-refractivity contribution is 0.102. The van der Waals surface area contributed by atoms with Crippen molar-refractivity contribution in [3.8, 4) is 0 Å². The summed E-state index contributed by atoms with van der Waals surface area (Å²) in [5.41, 5.74) is -0.398. The molecule has 1 amide bonds. The van der Waals surface area contributed by atoms with Gasteiger partial charge in [0.1, 0.15) is 5.69 Å². The molecular weight excluding hydrogens is 244 g/mol. The smallest absolute Gasteiger partial charge is 0.276 e. The van der Waals surface area contributed by atoms with Crippen molar-refractivity contribution in [2.24, 2.45) is 0 Å². The van der Waals surface area contributed by atoms with Crippen LogP contribution in [0.3, 0.4) is 0 Å². The second-order valence-corrected chi connectivity index (χ2v) is 3.39. The summed E-state index contributed by atoms with van der Waals surface area (Å²) >= 11 is 0. The molecule has 0 fully saturated rings. The molecule has 2 aromatic rings. The Kier molecular flexibility index (Phi) is 3.13. The van der Waals surface area contributed by atoms with Gasteiger partial charge in [-0.2, -0.15) is 5.10 Å². The van der Waals surface area contributed by atoms with E-state index in [0.29, 0.717) is 0 Å². The molecule has 2 N–H and O–H groups in total. The summed E-state index contributed by atoms with van der Waals surface area (Å²) in [4.78, 5) is 22.4. The number of nitrogens with one attached hydrogen (secondary N) is 2. The number of amides is 1. The van der Waals surface area contributed by atoms with Crippen LogP contribution in [0.15, 0.2) is 35.1 Å². The van der Waals surface area contributed by atoms with E-state index in [1.54, 1.807) is 0 Å². The zero-order valence-electron chi connectivity index (χ0n) is 8.91. The Morgan fingerprint density at radius 2 is 1.94 bits per heavy atom. The van der Waals surface area contributed by atoms with E-state index >= 15 is 0 Å². The third kappa shape index (κ3) is 2.57. The summed E-state index contributed by atoms with van der Waals surface area (Å²) in [5, 5.41) is 7.90. The SMILES string of the molecule is O=C(Nc1ccc(F)c(F)c1)c1ccc(=O)[nH]n1. The maximum absolute atomic E-state index is 12.9. The van der Waals surface area contributed by atoms with E-state index in [4.69, 9.17) is 0 Å². The zero-order chi connectivity index (χ0) is 13.1. The highest BCUT2D eigenvalue weighted by molar-refractivity contribution is 6.02. The zero-order valence-corrected chi connectivity index (χ0v) is 8.91. The Morgan fingerprint density at radius 1 is 1.17 bits per heavy atom. The van der Waals surface area contributed by atoms with Crippen molar-refractivity contribution < 1.29 is 13.6 Å². The minimum Gasteiger partial charge on any atom is -0.320 e. The number of nitrogens with zero attached hydrogens (tertiary/aromatic N) is 1. The van der Waals surface area contributed by atoms with Crippen molar-refractivity contribution in [3.05, 3.63) is 58.0 Å². The van der Waals surface area contributed by atoms with E-state index < -0.39 is 23.1 Å². The number of rotatable bonds is 2. The summed E-state index contributed by atoms with van der Waals surface area (Å²) in [6.07, 6.45) is 0. The van der Waals surface area contributed by atoms with E-state index in [1.165, 1.54) is 12.1 Å². The van der Waals surface area contributed by atoms with E-state index in [9.17, 15) is 18.4 Å². The van der Waals surface area contributed by atoms with Crippen LogP contribution in [0.1, 0.15) is 10.5 Å². The van der Waals surface area contributed by atoms with Crippen LogP contribution in [0.25, 0.3) is 0 Å². The summed E-state index contributed by atoms with van der Waals surface area (Å²) in [5.74, 6) is -2.71. The number of halogens is 2. The lowest BCUT2D eigenvalue weighted by Gasteiger charge is -2.04. The molecule has 0 saturated heterocycles. The molecule has 7 heteroatoms. The van der Waals surface area contributed by atoms with Gasteiger partial charge >= 0.3 is 0 Å². The number of H-pyrrole nitrogens is 1. The van der Waals surface area contributed by atoms with Crippen LogP contribution in [0.5, 0.6) is 0 Å². The molecule has 2 rings (SSSR count). The number of anilines is 1. The van der Waals surface area contributed by atoms with E-state index in [0.717, 1.165) is 18.2 Å². The Labute approximate surface area is 99.5 Å². The lowest BCUT2D eigenvalue weighted by atomic mass is 10.3. The molecule has 0 radical (unpaired) electrons. The van der Waals surface area contributed by atoms with Crippen molar-refractivity contribution in [2.45, 2.75) is 0 Å². The predicted molar refractivity (Wildman–Crippen MR) is 59.2 cm³/mol. The van der Waals surface area contributed by atoms with Gasteiger partial charge in [0.05, 0.1) is 0 Å². The molecule has 18 heavy (non-hydrogen) atoms. The molecule has 1 heterocycles. The number of aromatic amines is 1. The van der Waals surface area contributed by atoms with Gasteiger partial charge in [0.15, 0.2) is 11.6 Å². The average molecular weight is 251 g/mol. The van der Waals surface area contributed by atoms with Crippen LogP contribution < -0.4 is 10.9 Å². The third-order valence-corrected chi connectivity index (χ3v) is 2.09. The van der Waals surface area contributed by atoms with Crippen molar-refractivity contribution in [1.29, 1.82) is 0 Å². The summed E-state index contributed by atoms with van der Waals surface area (Å²) in [6, 6.07) is 5.30. The van der Waals surface area contributed by atoms with Gasteiger partial charge in [-0.15, -0.1) is 0 Å². The number of carbonyl (C=O) groups is 1. The molecule has 5 nitrogen and oxygen atoms in total. The molecule has 0 spiro atoms. The Morgan fingerprint density at radius 3 is 2.56 bits per heavy atom. The average Bonchev–Trinajstić information content (AvgIpc) is 2.34. The fraction of sp³-hybridized carbons (Fsp3) is 0. The summed E-state index contributed by atoms with van der Waals surface area (Å²) in [6.45, 7) is 0. The standard InChI is InChI=1S/C11H7F2N3O2/c12-7-2-1-6(5-8(7)13)14-11(18)9-3-4-10(17)16-15-9/h1-5H,(H,14,18)(H,16,17). The third-order valence-electron chi connectivity index (χ3n) is 2.09. The van der Waals surface area contributed by atoms with Crippen LogP contribution in [-0.4, -0.2) is 16.1 Å². The second kappa shape index (κ2) is 4.74. The van der Waals surface area contributed by atoms with Gasteiger partial charge in [0.25, 0.3) is 11.5 Å². The first kappa shape index (κ1) is 11.9. The highest BCUT2D eigenvalue weighted by Crippen LogP contribution is 2.13. The molecule has 0 aliphatic heterocycles. The predicted octanol–water partition coefficient (Wildman–Crippen LogP) is 1.30. The van der Waals surface area contributed by atoms with Gasteiger partial charge in [0.2, 0.25) is 0 Å². The highest BCUT2D eigenvalue weighted by atomic mass is 19.2. The van der Waals surface area contributed by atoms with Gasteiger partial charge < -0.3 is 5.32 Å². The first-order valence-electron chi connectivity index (χ1n) is 4.88. The van der Waals surface area contributed by atoms with Crippen molar-refractivity contribution >= 4 is 11.6 Å². The van der Waals surface area contributed by atoms with Gasteiger partial charge in [0, 0.05) is 17.8 Å². The Hall–Kier alpha value is -2.57. The molecule has 0 saturated carbocycles. The second-order valence-electron chi connectivity index (χ2n) is 3.39. The topological polar surface area (TPSA) is 74.8 Å². The first-order valence-corrected chi connectivity index (χ1v) is 4.88. The van der Waals surface area contributed by atoms with Crippen LogP contribution >= 0.6 is 0 Å². The molecule has 0 bridgehead atoms. The number of benzene rings is 1. The van der Waals surface area contributed by atoms with E-state index in [2.05, 4.69) is 15.5 Å². The normalized spacial score (nSPS) is 10.1. The molecule has 92 valence electrons. The van der Waals surface area contributed by atoms with Gasteiger partial charge in [-0.25, -0.2) is 13.9 Å². The molecular formula is C11H7F2N3O2. The van der Waals surface area contributed by atoms with Gasteiger partial charge in [-0.05, 0) is 18.2 Å². The van der Waals surface area contributed by atoms with Crippen LogP contribution in [0.4, 0.5) is 14.5 Å². The van der Waals surface area contributed by atoms with Crippen LogP contribution in [0.2, 0.25) is 0 Å². The maximum atomic E-state index is 12.9. The fourth-order valence-corrected chi connectivity index (χ4v) is 1.24. The highest BCUT2D eigenvalue weighted by Gasteiger charge is 2.09. The molecule has 0 aliphatic rings. The van der Waals surface area contributed by atoms with Gasteiger partial charge in [-0.3, -0.25) is 9.59 Å². The van der Waals surface area contributed by atoms with Crippen molar-refractivity contribution in [1.82, 2.24) is 10.2 Å². The largest absolute Gasteiger partial charge is 0.320 e. The minimum atomic E-state index is -1.07. The quantitative estimate of drug-likeness (QED) is 0.844. The monoisotopic (exact) mass is 251 g/mol. The van der Waals surface area contributed by atoms with E-state index in [-0.39, 0.29) is 11.4 Å². The summed E-state index contributed by atoms with van der Waals surface area (Å²) < 4.78 is 25.6. The van der Waals surface area contributed by atoms with Crippen LogP contribution in [-0.2, 0) is 0 Å². The number of hydrogen-bond acceptors (Lipinski definition) is 3. The van der Waals surface area contributed by atoms with Crippen molar-refractivity contribution in [2.75, 3.05) is 5.32 Å². The number of aromatic nitrogens is 2. The molecule has 0 atom stereocenters. The molecule has 1 aromatic heterocycles. The molecule has 0 aliphatic carbocycles. The molecule has 0 unspecified atom stereocenters. The van der Waals surface area contributed by atoms with Crippen molar-refractivity contribution in [3.63, 3.8) is 0 Å². The Bertz CT molecular complexity index is 634. The van der Waals surface area contributed by atoms with Gasteiger partial charge in [-0.1, -0.05) is 0 Å². The first-order chi connectivity index (χ1) is 8.56. The summed E-state index contributed by atoms with van der Waals surface area (Å²) in [7, 11) is 0. The minimum absolute atomic E-state index is 0.0423. The van der Waals surface area contributed by atoms with Crippen LogP contribution in [0, 0.1) is 11.6 Å². The van der Waals surface area contributed by atoms with E-state index in [1.807, 2.05) is 0 Å². The maximum Gasteiger partial charge on any atom is 0.276 e. The lowest BCUT2D eigenvalue weighted by Crippen LogP contribution is -2.17. The fourth-order valence-electron chi connectivity index (χ4n) is 1.24.